The van der Waals surface area contributed by atoms with Crippen molar-refractivity contribution < 1.29 is 4.79 Å². The number of unbranched alkanes of at least 4 members (excludes halogenated alkanes) is 4. The van der Waals surface area contributed by atoms with Gasteiger partial charge in [0.2, 0.25) is 5.91 Å². The van der Waals surface area contributed by atoms with E-state index in [0.717, 1.165) is 18.7 Å². The number of hydrogen-bond acceptors (Lipinski definition) is 3. The molecule has 2 aromatic rings. The second kappa shape index (κ2) is 9.77. The van der Waals surface area contributed by atoms with Crippen molar-refractivity contribution in [3.8, 4) is 0 Å². The number of aromatic nitrogens is 3. The van der Waals surface area contributed by atoms with Crippen molar-refractivity contribution in [2.45, 2.75) is 58.5 Å². The van der Waals surface area contributed by atoms with Gasteiger partial charge in [-0.3, -0.25) is 4.79 Å². The molecule has 1 heterocycles. The zero-order valence-electron chi connectivity index (χ0n) is 13.9. The molecule has 0 aliphatic rings. The first-order valence-corrected chi connectivity index (χ1v) is 8.47. The van der Waals surface area contributed by atoms with Crippen molar-refractivity contribution in [1.29, 1.82) is 0 Å². The Kier molecular flexibility index (Phi) is 7.30. The summed E-state index contributed by atoms with van der Waals surface area (Å²) in [4.78, 5) is 16.1. The molecule has 0 unspecified atom stereocenters. The number of nitrogens with zero attached hydrogens (tertiary/aromatic N) is 3. The minimum Gasteiger partial charge on any atom is -0.349 e. The lowest BCUT2D eigenvalue weighted by atomic mass is 10.1. The zero-order valence-corrected chi connectivity index (χ0v) is 13.9. The van der Waals surface area contributed by atoms with E-state index in [4.69, 9.17) is 0 Å². The first kappa shape index (κ1) is 17.2. The van der Waals surface area contributed by atoms with Crippen LogP contribution in [0.2, 0.25) is 0 Å². The molecule has 0 spiro atoms. The van der Waals surface area contributed by atoms with E-state index in [1.807, 2.05) is 22.9 Å². The van der Waals surface area contributed by atoms with E-state index in [9.17, 15) is 4.79 Å². The predicted octanol–water partition coefficient (Wildman–Crippen LogP) is 3.30. The maximum absolute atomic E-state index is 11.9. The fourth-order valence-electron chi connectivity index (χ4n) is 2.47. The van der Waals surface area contributed by atoms with Crippen molar-refractivity contribution in [3.63, 3.8) is 0 Å². The minimum absolute atomic E-state index is 0.0933. The summed E-state index contributed by atoms with van der Waals surface area (Å²) in [7, 11) is 0. The molecule has 0 radical (unpaired) electrons. The third-order valence-electron chi connectivity index (χ3n) is 3.82. The normalized spacial score (nSPS) is 10.7. The summed E-state index contributed by atoms with van der Waals surface area (Å²) in [6.45, 7) is 3.29. The number of hydrogen-bond donors (Lipinski definition) is 1. The molecular formula is C18H26N4O. The van der Waals surface area contributed by atoms with E-state index < -0.39 is 0 Å². The molecule has 1 aromatic heterocycles. The van der Waals surface area contributed by atoms with Crippen LogP contribution in [-0.2, 0) is 17.9 Å². The van der Waals surface area contributed by atoms with Crippen LogP contribution < -0.4 is 5.32 Å². The van der Waals surface area contributed by atoms with E-state index in [2.05, 4.69) is 34.5 Å². The van der Waals surface area contributed by atoms with Gasteiger partial charge in [0, 0.05) is 6.42 Å². The average Bonchev–Trinajstić information content (AvgIpc) is 3.01. The van der Waals surface area contributed by atoms with E-state index >= 15 is 0 Å². The fourth-order valence-corrected chi connectivity index (χ4v) is 2.47. The molecule has 0 atom stereocenters. The lowest BCUT2D eigenvalue weighted by Gasteiger charge is -2.08. The number of carbonyl (C=O) groups excluding carboxylic acids is 1. The topological polar surface area (TPSA) is 59.8 Å². The van der Waals surface area contributed by atoms with Crippen molar-refractivity contribution in [2.75, 3.05) is 0 Å². The Labute approximate surface area is 138 Å². The van der Waals surface area contributed by atoms with E-state index in [1.165, 1.54) is 31.2 Å². The van der Waals surface area contributed by atoms with Crippen molar-refractivity contribution in [2.24, 2.45) is 0 Å². The standard InChI is InChI=1S/C18H26N4O/c1-2-3-4-5-9-12-18(23)19-13-17-20-15-21-22(17)14-16-10-7-6-8-11-16/h6-8,10-11,15H,2-5,9,12-14H2,1H3,(H,19,23). The van der Waals surface area contributed by atoms with Crippen molar-refractivity contribution in [3.05, 3.63) is 48.0 Å². The van der Waals surface area contributed by atoms with Gasteiger partial charge in [-0.15, -0.1) is 0 Å². The second-order valence-corrected chi connectivity index (χ2v) is 5.76. The highest BCUT2D eigenvalue weighted by molar-refractivity contribution is 5.75. The van der Waals surface area contributed by atoms with E-state index in [-0.39, 0.29) is 5.91 Å². The maximum Gasteiger partial charge on any atom is 0.220 e. The summed E-state index contributed by atoms with van der Waals surface area (Å²) in [5.74, 6) is 0.879. The third kappa shape index (κ3) is 6.22. The molecule has 5 heteroatoms. The van der Waals surface area contributed by atoms with Gasteiger partial charge in [-0.1, -0.05) is 62.9 Å². The lowest BCUT2D eigenvalue weighted by molar-refractivity contribution is -0.121. The lowest BCUT2D eigenvalue weighted by Crippen LogP contribution is -2.24. The molecule has 1 aromatic carbocycles. The van der Waals surface area contributed by atoms with Gasteiger partial charge in [0.15, 0.2) is 0 Å². The van der Waals surface area contributed by atoms with Crippen molar-refractivity contribution >= 4 is 5.91 Å². The molecule has 5 nitrogen and oxygen atoms in total. The highest BCUT2D eigenvalue weighted by atomic mass is 16.1. The first-order chi connectivity index (χ1) is 11.3. The highest BCUT2D eigenvalue weighted by Gasteiger charge is 2.07. The van der Waals surface area contributed by atoms with Crippen LogP contribution in [-0.4, -0.2) is 20.7 Å². The molecule has 23 heavy (non-hydrogen) atoms. The SMILES string of the molecule is CCCCCCCC(=O)NCc1ncnn1Cc1ccccc1. The minimum atomic E-state index is 0.0933. The summed E-state index contributed by atoms with van der Waals surface area (Å²) in [6.07, 6.45) is 7.92. The average molecular weight is 314 g/mol. The first-order valence-electron chi connectivity index (χ1n) is 8.47. The fraction of sp³-hybridized carbons (Fsp3) is 0.500. The Bertz CT molecular complexity index is 580. The van der Waals surface area contributed by atoms with Crippen molar-refractivity contribution in [1.82, 2.24) is 20.1 Å². The molecule has 0 saturated heterocycles. The second-order valence-electron chi connectivity index (χ2n) is 5.76. The Hall–Kier alpha value is -2.17. The smallest absolute Gasteiger partial charge is 0.220 e. The summed E-state index contributed by atoms with van der Waals surface area (Å²) in [5, 5.41) is 7.18. The summed E-state index contributed by atoms with van der Waals surface area (Å²) >= 11 is 0. The molecule has 0 fully saturated rings. The number of nitrogens with one attached hydrogen (secondary N) is 1. The van der Waals surface area contributed by atoms with Gasteiger partial charge in [-0.25, -0.2) is 9.67 Å². The van der Waals surface area contributed by atoms with Crippen LogP contribution in [0.3, 0.4) is 0 Å². The van der Waals surface area contributed by atoms with E-state index in [0.29, 0.717) is 19.5 Å². The summed E-state index contributed by atoms with van der Waals surface area (Å²) in [5.41, 5.74) is 1.17. The number of rotatable bonds is 10. The number of amides is 1. The van der Waals surface area contributed by atoms with Crippen LogP contribution in [0.4, 0.5) is 0 Å². The molecular weight excluding hydrogens is 288 g/mol. The van der Waals surface area contributed by atoms with Gasteiger partial charge < -0.3 is 5.32 Å². The quantitative estimate of drug-likeness (QED) is 0.684. The predicted molar refractivity (Wildman–Crippen MR) is 90.8 cm³/mol. The molecule has 0 bridgehead atoms. The molecule has 1 amide bonds. The van der Waals surface area contributed by atoms with Crippen LogP contribution in [0, 0.1) is 0 Å². The molecule has 2 rings (SSSR count). The molecule has 124 valence electrons. The van der Waals surface area contributed by atoms with E-state index in [1.54, 1.807) is 0 Å². The zero-order chi connectivity index (χ0) is 16.3. The van der Waals surface area contributed by atoms with Crippen LogP contribution in [0.1, 0.15) is 56.8 Å². The highest BCUT2D eigenvalue weighted by Crippen LogP contribution is 2.06. The van der Waals surface area contributed by atoms with Gasteiger partial charge >= 0.3 is 0 Å². The Morgan fingerprint density at radius 1 is 1.13 bits per heavy atom. The van der Waals surface area contributed by atoms with Crippen LogP contribution in [0.25, 0.3) is 0 Å². The molecule has 0 aliphatic heterocycles. The molecule has 0 saturated carbocycles. The summed E-state index contributed by atoms with van der Waals surface area (Å²) in [6, 6.07) is 10.1. The maximum atomic E-state index is 11.9. The Morgan fingerprint density at radius 3 is 2.70 bits per heavy atom. The largest absolute Gasteiger partial charge is 0.349 e. The van der Waals surface area contributed by atoms with Crippen LogP contribution >= 0.6 is 0 Å². The monoisotopic (exact) mass is 314 g/mol. The number of benzene rings is 1. The van der Waals surface area contributed by atoms with Crippen LogP contribution in [0.5, 0.6) is 0 Å². The third-order valence-corrected chi connectivity index (χ3v) is 3.82. The number of carbonyl (C=O) groups is 1. The van der Waals surface area contributed by atoms with Gasteiger partial charge in [0.25, 0.3) is 0 Å². The molecule has 1 N–H and O–H groups in total. The molecule has 0 aliphatic carbocycles. The van der Waals surface area contributed by atoms with Gasteiger partial charge in [-0.05, 0) is 12.0 Å². The van der Waals surface area contributed by atoms with Crippen LogP contribution in [0.15, 0.2) is 36.7 Å². The summed E-state index contributed by atoms with van der Waals surface area (Å²) < 4.78 is 1.83. The van der Waals surface area contributed by atoms with Gasteiger partial charge in [0.05, 0.1) is 13.1 Å². The Balaban J connectivity index is 1.74. The Morgan fingerprint density at radius 2 is 1.91 bits per heavy atom. The van der Waals surface area contributed by atoms with Gasteiger partial charge in [0.1, 0.15) is 12.2 Å². The van der Waals surface area contributed by atoms with Gasteiger partial charge in [-0.2, -0.15) is 5.10 Å².